The molecule has 1 heterocycles. The van der Waals surface area contributed by atoms with Crippen molar-refractivity contribution >= 4 is 0 Å². The zero-order valence-corrected chi connectivity index (χ0v) is 13.3. The second-order valence-corrected chi connectivity index (χ2v) is 7.11. The van der Waals surface area contributed by atoms with Gasteiger partial charge < -0.3 is 10.2 Å². The van der Waals surface area contributed by atoms with Gasteiger partial charge in [-0.15, -0.1) is 0 Å². The van der Waals surface area contributed by atoms with Gasteiger partial charge in [-0.1, -0.05) is 34.1 Å². The SMILES string of the molecule is CCNC(C)CCCCN1CCC(C(C)(C)C)C1. The van der Waals surface area contributed by atoms with Crippen LogP contribution in [0.15, 0.2) is 0 Å². The van der Waals surface area contributed by atoms with E-state index in [2.05, 4.69) is 44.8 Å². The van der Waals surface area contributed by atoms with Crippen molar-refractivity contribution in [3.05, 3.63) is 0 Å². The molecule has 18 heavy (non-hydrogen) atoms. The quantitative estimate of drug-likeness (QED) is 0.699. The Bertz CT molecular complexity index is 220. The molecule has 0 aromatic heterocycles. The molecule has 1 N–H and O–H groups in total. The predicted octanol–water partition coefficient (Wildman–Crippen LogP) is 3.52. The molecule has 0 saturated carbocycles. The fraction of sp³-hybridized carbons (Fsp3) is 1.00. The van der Waals surface area contributed by atoms with E-state index in [9.17, 15) is 0 Å². The third-order valence-corrected chi connectivity index (χ3v) is 4.41. The third-order valence-electron chi connectivity index (χ3n) is 4.41. The standard InChI is InChI=1S/C16H34N2/c1-6-17-14(2)9-7-8-11-18-12-10-15(13-18)16(3,4)5/h14-15,17H,6-13H2,1-5H3. The Morgan fingerprint density at radius 2 is 2.00 bits per heavy atom. The minimum absolute atomic E-state index is 0.494. The minimum Gasteiger partial charge on any atom is -0.315 e. The molecular weight excluding hydrogens is 220 g/mol. The summed E-state index contributed by atoms with van der Waals surface area (Å²) < 4.78 is 0. The van der Waals surface area contributed by atoms with E-state index in [0.29, 0.717) is 11.5 Å². The van der Waals surface area contributed by atoms with Crippen molar-refractivity contribution in [2.75, 3.05) is 26.2 Å². The number of rotatable bonds is 7. The van der Waals surface area contributed by atoms with Crippen LogP contribution in [0, 0.1) is 11.3 Å². The van der Waals surface area contributed by atoms with Gasteiger partial charge in [0, 0.05) is 12.6 Å². The molecule has 2 nitrogen and oxygen atoms in total. The highest BCUT2D eigenvalue weighted by Gasteiger charge is 2.31. The third kappa shape index (κ3) is 5.71. The molecule has 0 radical (unpaired) electrons. The molecule has 2 atom stereocenters. The van der Waals surface area contributed by atoms with Crippen LogP contribution >= 0.6 is 0 Å². The van der Waals surface area contributed by atoms with Gasteiger partial charge >= 0.3 is 0 Å². The molecule has 0 spiro atoms. The summed E-state index contributed by atoms with van der Waals surface area (Å²) in [5.74, 6) is 0.901. The average molecular weight is 254 g/mol. The van der Waals surface area contributed by atoms with Crippen molar-refractivity contribution in [1.82, 2.24) is 10.2 Å². The average Bonchev–Trinajstić information content (AvgIpc) is 2.73. The monoisotopic (exact) mass is 254 g/mol. The van der Waals surface area contributed by atoms with Crippen LogP contribution in [0.1, 0.15) is 60.3 Å². The normalized spacial score (nSPS) is 23.5. The molecule has 1 rings (SSSR count). The maximum atomic E-state index is 3.49. The van der Waals surface area contributed by atoms with Gasteiger partial charge in [0.2, 0.25) is 0 Å². The Labute approximate surface area is 115 Å². The molecule has 0 amide bonds. The number of hydrogen-bond donors (Lipinski definition) is 1. The van der Waals surface area contributed by atoms with Crippen molar-refractivity contribution in [3.8, 4) is 0 Å². The lowest BCUT2D eigenvalue weighted by atomic mass is 9.80. The number of nitrogens with one attached hydrogen (secondary N) is 1. The minimum atomic E-state index is 0.494. The Balaban J connectivity index is 2.08. The molecule has 2 heteroatoms. The summed E-state index contributed by atoms with van der Waals surface area (Å²) >= 11 is 0. The molecule has 0 aromatic carbocycles. The first kappa shape index (κ1) is 16.0. The van der Waals surface area contributed by atoms with E-state index in [-0.39, 0.29) is 0 Å². The fourth-order valence-electron chi connectivity index (χ4n) is 2.98. The highest BCUT2D eigenvalue weighted by molar-refractivity contribution is 4.83. The van der Waals surface area contributed by atoms with Gasteiger partial charge in [0.25, 0.3) is 0 Å². The molecule has 0 bridgehead atoms. The zero-order chi connectivity index (χ0) is 13.6. The molecule has 1 aliphatic heterocycles. The number of unbranched alkanes of at least 4 members (excludes halogenated alkanes) is 1. The zero-order valence-electron chi connectivity index (χ0n) is 13.3. The molecule has 2 unspecified atom stereocenters. The van der Waals surface area contributed by atoms with E-state index in [4.69, 9.17) is 0 Å². The largest absolute Gasteiger partial charge is 0.315 e. The Morgan fingerprint density at radius 1 is 1.28 bits per heavy atom. The Morgan fingerprint density at radius 3 is 2.56 bits per heavy atom. The smallest absolute Gasteiger partial charge is 0.00386 e. The lowest BCUT2D eigenvalue weighted by Crippen LogP contribution is -2.27. The van der Waals surface area contributed by atoms with Crippen molar-refractivity contribution in [3.63, 3.8) is 0 Å². The summed E-state index contributed by atoms with van der Waals surface area (Å²) in [4.78, 5) is 2.67. The van der Waals surface area contributed by atoms with Crippen LogP contribution in [0.2, 0.25) is 0 Å². The molecular formula is C16H34N2. The Kier molecular flexibility index (Phi) is 6.65. The van der Waals surface area contributed by atoms with E-state index in [1.54, 1.807) is 0 Å². The lowest BCUT2D eigenvalue weighted by molar-refractivity contribution is 0.227. The van der Waals surface area contributed by atoms with Gasteiger partial charge in [-0.25, -0.2) is 0 Å². The van der Waals surface area contributed by atoms with Crippen molar-refractivity contribution in [1.29, 1.82) is 0 Å². The number of hydrogen-bond acceptors (Lipinski definition) is 2. The second-order valence-electron chi connectivity index (χ2n) is 7.11. The first-order chi connectivity index (χ1) is 8.43. The Hall–Kier alpha value is -0.0800. The molecule has 0 aliphatic carbocycles. The van der Waals surface area contributed by atoms with Crippen LogP contribution in [0.5, 0.6) is 0 Å². The molecule has 108 valence electrons. The first-order valence-electron chi connectivity index (χ1n) is 7.89. The molecule has 1 saturated heterocycles. The van der Waals surface area contributed by atoms with Crippen LogP contribution in [-0.2, 0) is 0 Å². The number of likely N-dealkylation sites (tertiary alicyclic amines) is 1. The van der Waals surface area contributed by atoms with Crippen LogP contribution in [0.4, 0.5) is 0 Å². The van der Waals surface area contributed by atoms with E-state index in [1.807, 2.05) is 0 Å². The lowest BCUT2D eigenvalue weighted by Gasteiger charge is -2.27. The van der Waals surface area contributed by atoms with Crippen LogP contribution < -0.4 is 5.32 Å². The van der Waals surface area contributed by atoms with E-state index in [0.717, 1.165) is 12.5 Å². The van der Waals surface area contributed by atoms with Crippen molar-refractivity contribution < 1.29 is 0 Å². The first-order valence-corrected chi connectivity index (χ1v) is 7.89. The van der Waals surface area contributed by atoms with Gasteiger partial charge in [-0.05, 0) is 57.2 Å². The van der Waals surface area contributed by atoms with E-state index in [1.165, 1.54) is 45.3 Å². The molecule has 1 fully saturated rings. The van der Waals surface area contributed by atoms with Crippen LogP contribution in [0.3, 0.4) is 0 Å². The summed E-state index contributed by atoms with van der Waals surface area (Å²) in [6.45, 7) is 16.7. The molecule has 0 aromatic rings. The highest BCUT2D eigenvalue weighted by atomic mass is 15.1. The number of nitrogens with zero attached hydrogens (tertiary/aromatic N) is 1. The summed E-state index contributed by atoms with van der Waals surface area (Å²) in [5.41, 5.74) is 0.494. The predicted molar refractivity (Wildman–Crippen MR) is 81.0 cm³/mol. The fourth-order valence-corrected chi connectivity index (χ4v) is 2.98. The summed E-state index contributed by atoms with van der Waals surface area (Å²) in [6, 6.07) is 0.691. The van der Waals surface area contributed by atoms with Gasteiger partial charge in [0.05, 0.1) is 0 Å². The maximum Gasteiger partial charge on any atom is 0.00386 e. The van der Waals surface area contributed by atoms with Gasteiger partial charge in [0.1, 0.15) is 0 Å². The van der Waals surface area contributed by atoms with Crippen LogP contribution in [-0.4, -0.2) is 37.1 Å². The second kappa shape index (κ2) is 7.49. The summed E-state index contributed by atoms with van der Waals surface area (Å²) in [6.07, 6.45) is 5.46. The van der Waals surface area contributed by atoms with Gasteiger partial charge in [-0.2, -0.15) is 0 Å². The van der Waals surface area contributed by atoms with E-state index >= 15 is 0 Å². The van der Waals surface area contributed by atoms with E-state index < -0.39 is 0 Å². The summed E-state index contributed by atoms with van der Waals surface area (Å²) in [7, 11) is 0. The van der Waals surface area contributed by atoms with Crippen molar-refractivity contribution in [2.45, 2.75) is 66.3 Å². The van der Waals surface area contributed by atoms with Crippen molar-refractivity contribution in [2.24, 2.45) is 11.3 Å². The van der Waals surface area contributed by atoms with Gasteiger partial charge in [-0.3, -0.25) is 0 Å². The van der Waals surface area contributed by atoms with Crippen LogP contribution in [0.25, 0.3) is 0 Å². The maximum absolute atomic E-state index is 3.49. The van der Waals surface area contributed by atoms with Gasteiger partial charge in [0.15, 0.2) is 0 Å². The summed E-state index contributed by atoms with van der Waals surface area (Å²) in [5, 5.41) is 3.49. The topological polar surface area (TPSA) is 15.3 Å². The molecule has 1 aliphatic rings. The highest BCUT2D eigenvalue weighted by Crippen LogP contribution is 2.33.